The predicted octanol–water partition coefficient (Wildman–Crippen LogP) is 2.38. The van der Waals surface area contributed by atoms with Crippen LogP contribution in [0.5, 0.6) is 5.75 Å². The van der Waals surface area contributed by atoms with E-state index in [1.54, 1.807) is 7.11 Å². The minimum Gasteiger partial charge on any atom is -0.496 e. The largest absolute Gasteiger partial charge is 0.496 e. The van der Waals surface area contributed by atoms with E-state index in [0.717, 1.165) is 30.6 Å². The van der Waals surface area contributed by atoms with Crippen LogP contribution in [0.3, 0.4) is 0 Å². The second-order valence-corrected chi connectivity index (χ2v) is 4.43. The van der Waals surface area contributed by atoms with Gasteiger partial charge in [0.25, 0.3) is 0 Å². The highest BCUT2D eigenvalue weighted by Crippen LogP contribution is 2.38. The number of benzene rings is 1. The molecule has 3 heteroatoms. The van der Waals surface area contributed by atoms with Crippen LogP contribution in [0, 0.1) is 0 Å². The third kappa shape index (κ3) is 2.02. The summed E-state index contributed by atoms with van der Waals surface area (Å²) in [6, 6.07) is 5.71. The van der Waals surface area contributed by atoms with Crippen molar-refractivity contribution < 1.29 is 4.74 Å². The van der Waals surface area contributed by atoms with E-state index in [-0.39, 0.29) is 5.54 Å². The van der Waals surface area contributed by atoms with Crippen LogP contribution in [0.2, 0.25) is 5.02 Å². The standard InChI is InChI=1S/C11H14ClNO/c1-14-10-6-9(12)3-2-8(10)7-11(13)4-5-11/h2-3,6H,4-5,7,13H2,1H3. The van der Waals surface area contributed by atoms with Gasteiger partial charge in [-0.1, -0.05) is 17.7 Å². The SMILES string of the molecule is COc1cc(Cl)ccc1CC1(N)CC1. The first-order chi connectivity index (χ1) is 6.63. The number of hydrogen-bond acceptors (Lipinski definition) is 2. The van der Waals surface area contributed by atoms with Gasteiger partial charge in [-0.3, -0.25) is 0 Å². The fourth-order valence-corrected chi connectivity index (χ4v) is 1.74. The molecule has 2 N–H and O–H groups in total. The highest BCUT2D eigenvalue weighted by Gasteiger charge is 2.38. The van der Waals surface area contributed by atoms with Crippen LogP contribution in [-0.4, -0.2) is 12.6 Å². The number of nitrogens with two attached hydrogens (primary N) is 1. The molecule has 0 saturated heterocycles. The van der Waals surface area contributed by atoms with Gasteiger partial charge in [0.2, 0.25) is 0 Å². The summed E-state index contributed by atoms with van der Waals surface area (Å²) >= 11 is 5.87. The number of methoxy groups -OCH3 is 1. The molecule has 76 valence electrons. The van der Waals surface area contributed by atoms with Crippen molar-refractivity contribution in [1.82, 2.24) is 0 Å². The Balaban J connectivity index is 2.23. The molecule has 0 atom stereocenters. The Hall–Kier alpha value is -0.730. The molecule has 1 aliphatic rings. The van der Waals surface area contributed by atoms with E-state index in [0.29, 0.717) is 5.02 Å². The first kappa shape index (κ1) is 9.81. The van der Waals surface area contributed by atoms with E-state index in [1.165, 1.54) is 0 Å². The minimum atomic E-state index is 0.0150. The highest BCUT2D eigenvalue weighted by molar-refractivity contribution is 6.30. The molecule has 0 aliphatic heterocycles. The maximum Gasteiger partial charge on any atom is 0.123 e. The van der Waals surface area contributed by atoms with Gasteiger partial charge in [-0.25, -0.2) is 0 Å². The quantitative estimate of drug-likeness (QED) is 0.833. The van der Waals surface area contributed by atoms with Crippen LogP contribution in [-0.2, 0) is 6.42 Å². The Morgan fingerprint density at radius 3 is 2.79 bits per heavy atom. The van der Waals surface area contributed by atoms with Gasteiger partial charge in [-0.05, 0) is 37.0 Å². The lowest BCUT2D eigenvalue weighted by Gasteiger charge is -2.12. The molecule has 0 spiro atoms. The molecule has 0 bridgehead atoms. The molecule has 0 radical (unpaired) electrons. The zero-order valence-corrected chi connectivity index (χ0v) is 8.97. The maximum absolute atomic E-state index is 6.05. The van der Waals surface area contributed by atoms with Gasteiger partial charge in [0.15, 0.2) is 0 Å². The topological polar surface area (TPSA) is 35.2 Å². The molecule has 1 fully saturated rings. The normalized spacial score (nSPS) is 17.9. The average molecular weight is 212 g/mol. The van der Waals surface area contributed by atoms with Crippen molar-refractivity contribution in [3.05, 3.63) is 28.8 Å². The molecular formula is C11H14ClNO. The number of ether oxygens (including phenoxy) is 1. The van der Waals surface area contributed by atoms with E-state index in [2.05, 4.69) is 0 Å². The van der Waals surface area contributed by atoms with E-state index >= 15 is 0 Å². The zero-order chi connectivity index (χ0) is 10.2. The molecule has 14 heavy (non-hydrogen) atoms. The van der Waals surface area contributed by atoms with Gasteiger partial charge in [-0.15, -0.1) is 0 Å². The van der Waals surface area contributed by atoms with Gasteiger partial charge in [0, 0.05) is 10.6 Å². The van der Waals surface area contributed by atoms with Crippen LogP contribution in [0.15, 0.2) is 18.2 Å². The average Bonchev–Trinajstić information content (AvgIpc) is 2.87. The summed E-state index contributed by atoms with van der Waals surface area (Å²) in [5.74, 6) is 0.842. The summed E-state index contributed by atoms with van der Waals surface area (Å²) in [5, 5.41) is 0.701. The lowest BCUT2D eigenvalue weighted by Crippen LogP contribution is -2.24. The molecular weight excluding hydrogens is 198 g/mol. The Bertz CT molecular complexity index is 347. The zero-order valence-electron chi connectivity index (χ0n) is 8.22. The predicted molar refractivity (Wildman–Crippen MR) is 57.9 cm³/mol. The van der Waals surface area contributed by atoms with Gasteiger partial charge >= 0.3 is 0 Å². The maximum atomic E-state index is 6.05. The smallest absolute Gasteiger partial charge is 0.123 e. The van der Waals surface area contributed by atoms with Gasteiger partial charge in [-0.2, -0.15) is 0 Å². The van der Waals surface area contributed by atoms with Crippen LogP contribution in [0.1, 0.15) is 18.4 Å². The van der Waals surface area contributed by atoms with Crippen molar-refractivity contribution in [1.29, 1.82) is 0 Å². The highest BCUT2D eigenvalue weighted by atomic mass is 35.5. The van der Waals surface area contributed by atoms with Crippen LogP contribution in [0.4, 0.5) is 0 Å². The van der Waals surface area contributed by atoms with Crippen LogP contribution >= 0.6 is 11.6 Å². The number of rotatable bonds is 3. The van der Waals surface area contributed by atoms with E-state index in [9.17, 15) is 0 Å². The summed E-state index contributed by atoms with van der Waals surface area (Å²) in [5.41, 5.74) is 7.22. The van der Waals surface area contributed by atoms with E-state index in [1.807, 2.05) is 18.2 Å². The van der Waals surface area contributed by atoms with Crippen molar-refractivity contribution in [2.24, 2.45) is 5.73 Å². The van der Waals surface area contributed by atoms with Crippen molar-refractivity contribution in [3.63, 3.8) is 0 Å². The summed E-state index contributed by atoms with van der Waals surface area (Å²) in [4.78, 5) is 0. The van der Waals surface area contributed by atoms with Crippen molar-refractivity contribution in [2.75, 3.05) is 7.11 Å². The van der Waals surface area contributed by atoms with Gasteiger partial charge in [0.1, 0.15) is 5.75 Å². The van der Waals surface area contributed by atoms with Crippen molar-refractivity contribution >= 4 is 11.6 Å². The van der Waals surface area contributed by atoms with Crippen molar-refractivity contribution in [3.8, 4) is 5.75 Å². The van der Waals surface area contributed by atoms with Gasteiger partial charge < -0.3 is 10.5 Å². The summed E-state index contributed by atoms with van der Waals surface area (Å²) in [6.45, 7) is 0. The number of halogens is 1. The molecule has 0 aromatic heterocycles. The molecule has 1 aliphatic carbocycles. The fraction of sp³-hybridized carbons (Fsp3) is 0.455. The minimum absolute atomic E-state index is 0.0150. The molecule has 1 aromatic rings. The first-order valence-corrected chi connectivity index (χ1v) is 5.12. The summed E-state index contributed by atoms with van der Waals surface area (Å²) < 4.78 is 5.26. The summed E-state index contributed by atoms with van der Waals surface area (Å²) in [7, 11) is 1.66. The van der Waals surface area contributed by atoms with E-state index < -0.39 is 0 Å². The third-order valence-electron chi connectivity index (χ3n) is 2.68. The lowest BCUT2D eigenvalue weighted by atomic mass is 10.0. The Morgan fingerprint density at radius 1 is 1.50 bits per heavy atom. The molecule has 1 saturated carbocycles. The molecule has 1 aromatic carbocycles. The summed E-state index contributed by atoms with van der Waals surface area (Å²) in [6.07, 6.45) is 3.10. The number of hydrogen-bond donors (Lipinski definition) is 1. The Morgan fingerprint density at radius 2 is 2.21 bits per heavy atom. The lowest BCUT2D eigenvalue weighted by molar-refractivity contribution is 0.407. The third-order valence-corrected chi connectivity index (χ3v) is 2.92. The van der Waals surface area contributed by atoms with Crippen LogP contribution in [0.25, 0.3) is 0 Å². The second kappa shape index (κ2) is 3.44. The molecule has 0 unspecified atom stereocenters. The second-order valence-electron chi connectivity index (χ2n) is 4.00. The molecule has 2 nitrogen and oxygen atoms in total. The first-order valence-electron chi connectivity index (χ1n) is 4.74. The molecule has 0 amide bonds. The molecule has 0 heterocycles. The van der Waals surface area contributed by atoms with Crippen molar-refractivity contribution in [2.45, 2.75) is 24.8 Å². The molecule has 2 rings (SSSR count). The van der Waals surface area contributed by atoms with E-state index in [4.69, 9.17) is 22.1 Å². The fourth-order valence-electron chi connectivity index (χ4n) is 1.58. The monoisotopic (exact) mass is 211 g/mol. The Kier molecular flexibility index (Phi) is 2.41. The van der Waals surface area contributed by atoms with Crippen LogP contribution < -0.4 is 10.5 Å². The Labute approximate surface area is 89.0 Å². The van der Waals surface area contributed by atoms with Gasteiger partial charge in [0.05, 0.1) is 7.11 Å².